The first-order chi connectivity index (χ1) is 10.1. The number of halogens is 3. The summed E-state index contributed by atoms with van der Waals surface area (Å²) < 4.78 is 44.1. The van der Waals surface area contributed by atoms with E-state index in [9.17, 15) is 18.0 Å². The van der Waals surface area contributed by atoms with Gasteiger partial charge in [0.1, 0.15) is 5.60 Å². The van der Waals surface area contributed by atoms with Crippen LogP contribution in [0.5, 0.6) is 0 Å². The topological polar surface area (TPSA) is 44.1 Å². The number of aromatic nitrogens is 2. The normalized spacial score (nSPS) is 12.3. The first kappa shape index (κ1) is 16.1. The zero-order chi connectivity index (χ0) is 16.5. The highest BCUT2D eigenvalue weighted by Crippen LogP contribution is 2.30. The molecular formula is C15H15F3N2O2. The van der Waals surface area contributed by atoms with Crippen LogP contribution in [0.4, 0.5) is 18.0 Å². The Morgan fingerprint density at radius 3 is 2.36 bits per heavy atom. The lowest BCUT2D eigenvalue weighted by Crippen LogP contribution is -2.27. The summed E-state index contributed by atoms with van der Waals surface area (Å²) in [6, 6.07) is 5.33. The van der Waals surface area contributed by atoms with Gasteiger partial charge in [-0.2, -0.15) is 13.2 Å². The number of hydrogen-bond acceptors (Lipinski definition) is 3. The summed E-state index contributed by atoms with van der Waals surface area (Å²) in [5.74, 6) is 0. The van der Waals surface area contributed by atoms with E-state index in [-0.39, 0.29) is 5.69 Å². The molecule has 0 radical (unpaired) electrons. The summed E-state index contributed by atoms with van der Waals surface area (Å²) in [6.45, 7) is 5.18. The van der Waals surface area contributed by atoms with E-state index in [1.54, 1.807) is 32.9 Å². The number of hydrogen-bond donors (Lipinski definition) is 0. The number of ether oxygens (including phenoxy) is 1. The molecule has 0 bridgehead atoms. The highest BCUT2D eigenvalue weighted by Gasteiger charge is 2.31. The fourth-order valence-electron chi connectivity index (χ4n) is 1.77. The van der Waals surface area contributed by atoms with Crippen LogP contribution >= 0.6 is 0 Å². The lowest BCUT2D eigenvalue weighted by atomic mass is 10.2. The molecule has 0 aliphatic rings. The zero-order valence-electron chi connectivity index (χ0n) is 12.3. The molecule has 0 atom stereocenters. The van der Waals surface area contributed by atoms with Crippen molar-refractivity contribution in [2.45, 2.75) is 32.5 Å². The molecule has 0 aliphatic carbocycles. The average molecular weight is 312 g/mol. The van der Waals surface area contributed by atoms with Crippen molar-refractivity contribution in [2.24, 2.45) is 0 Å². The van der Waals surface area contributed by atoms with Crippen LogP contribution in [0.1, 0.15) is 26.3 Å². The molecular weight excluding hydrogens is 297 g/mol. The third kappa shape index (κ3) is 3.66. The predicted molar refractivity (Wildman–Crippen MR) is 74.3 cm³/mol. The number of nitrogens with zero attached hydrogens (tertiary/aromatic N) is 2. The molecule has 2 heterocycles. The Morgan fingerprint density at radius 1 is 1.18 bits per heavy atom. The number of rotatable bonds is 1. The minimum absolute atomic E-state index is 0.254. The Hall–Kier alpha value is -2.31. The standard InChI is InChI=1S/C15H15F3N2O2/c1-14(2,3)22-13(21)20-8-4-5-12(20)11-7-6-10(9-19-11)15(16,17)18/h4-9H,1-3H3. The Balaban J connectivity index is 2.31. The zero-order valence-corrected chi connectivity index (χ0v) is 12.3. The largest absolute Gasteiger partial charge is 0.443 e. The summed E-state index contributed by atoms with van der Waals surface area (Å²) >= 11 is 0. The van der Waals surface area contributed by atoms with Crippen LogP contribution in [0.15, 0.2) is 36.7 Å². The minimum Gasteiger partial charge on any atom is -0.443 e. The molecule has 0 aliphatic heterocycles. The second kappa shape index (κ2) is 5.47. The summed E-state index contributed by atoms with van der Waals surface area (Å²) in [5.41, 5.74) is -0.898. The number of alkyl halides is 3. The number of carbonyl (C=O) groups excluding carboxylic acids is 1. The molecule has 22 heavy (non-hydrogen) atoms. The summed E-state index contributed by atoms with van der Waals surface area (Å²) in [7, 11) is 0. The van der Waals surface area contributed by atoms with Gasteiger partial charge in [-0.1, -0.05) is 0 Å². The van der Waals surface area contributed by atoms with Crippen LogP contribution in [-0.4, -0.2) is 21.2 Å². The maximum absolute atomic E-state index is 12.5. The number of carbonyl (C=O) groups is 1. The van der Waals surface area contributed by atoms with Gasteiger partial charge in [-0.15, -0.1) is 0 Å². The van der Waals surface area contributed by atoms with Crippen molar-refractivity contribution in [2.75, 3.05) is 0 Å². The molecule has 2 aromatic rings. The van der Waals surface area contributed by atoms with Gasteiger partial charge in [0, 0.05) is 12.4 Å². The minimum atomic E-state index is -4.45. The molecule has 0 saturated heterocycles. The third-order valence-corrected chi connectivity index (χ3v) is 2.69. The van der Waals surface area contributed by atoms with Crippen molar-refractivity contribution in [1.29, 1.82) is 0 Å². The highest BCUT2D eigenvalue weighted by atomic mass is 19.4. The molecule has 0 spiro atoms. The van der Waals surface area contributed by atoms with Crippen molar-refractivity contribution in [3.05, 3.63) is 42.2 Å². The Kier molecular flexibility index (Phi) is 4.00. The van der Waals surface area contributed by atoms with Crippen LogP contribution < -0.4 is 0 Å². The third-order valence-electron chi connectivity index (χ3n) is 2.69. The fourth-order valence-corrected chi connectivity index (χ4v) is 1.77. The van der Waals surface area contributed by atoms with E-state index in [2.05, 4.69) is 4.98 Å². The van der Waals surface area contributed by atoms with Crippen molar-refractivity contribution in [3.63, 3.8) is 0 Å². The second-order valence-corrected chi connectivity index (χ2v) is 5.67. The smallest absolute Gasteiger partial charge is 0.419 e. The van der Waals surface area contributed by atoms with Gasteiger partial charge in [0.05, 0.1) is 17.0 Å². The summed E-state index contributed by atoms with van der Waals surface area (Å²) in [5, 5.41) is 0. The average Bonchev–Trinajstić information content (AvgIpc) is 2.85. The van der Waals surface area contributed by atoms with E-state index in [0.29, 0.717) is 5.69 Å². The quantitative estimate of drug-likeness (QED) is 0.786. The summed E-state index contributed by atoms with van der Waals surface area (Å²) in [6.07, 6.45) is -2.85. The van der Waals surface area contributed by atoms with Crippen molar-refractivity contribution in [1.82, 2.24) is 9.55 Å². The SMILES string of the molecule is CC(C)(C)OC(=O)n1cccc1-c1ccc(C(F)(F)F)cn1. The van der Waals surface area contributed by atoms with Gasteiger partial charge in [-0.3, -0.25) is 9.55 Å². The highest BCUT2D eigenvalue weighted by molar-refractivity contribution is 5.77. The fraction of sp³-hybridized carbons (Fsp3) is 0.333. The molecule has 118 valence electrons. The van der Waals surface area contributed by atoms with Gasteiger partial charge in [-0.25, -0.2) is 4.79 Å². The molecule has 2 rings (SSSR count). The van der Waals surface area contributed by atoms with E-state index in [1.165, 1.54) is 16.8 Å². The molecule has 0 amide bonds. The van der Waals surface area contributed by atoms with Gasteiger partial charge in [-0.05, 0) is 45.0 Å². The lowest BCUT2D eigenvalue weighted by molar-refractivity contribution is -0.137. The van der Waals surface area contributed by atoms with Gasteiger partial charge in [0.2, 0.25) is 0 Å². The second-order valence-electron chi connectivity index (χ2n) is 5.67. The molecule has 0 N–H and O–H groups in total. The van der Waals surface area contributed by atoms with Crippen LogP contribution in [-0.2, 0) is 10.9 Å². The summed E-state index contributed by atoms with van der Waals surface area (Å²) in [4.78, 5) is 15.9. The van der Waals surface area contributed by atoms with Crippen LogP contribution in [0.2, 0.25) is 0 Å². The Labute approximate surface area is 125 Å². The molecule has 0 fully saturated rings. The molecule has 0 aromatic carbocycles. The number of pyridine rings is 1. The van der Waals surface area contributed by atoms with Crippen molar-refractivity contribution >= 4 is 6.09 Å². The Morgan fingerprint density at radius 2 is 1.86 bits per heavy atom. The van der Waals surface area contributed by atoms with Crippen LogP contribution in [0, 0.1) is 0 Å². The van der Waals surface area contributed by atoms with Gasteiger partial charge in [0.25, 0.3) is 0 Å². The first-order valence-electron chi connectivity index (χ1n) is 6.52. The van der Waals surface area contributed by atoms with Gasteiger partial charge >= 0.3 is 12.3 Å². The lowest BCUT2D eigenvalue weighted by Gasteiger charge is -2.20. The van der Waals surface area contributed by atoms with E-state index in [0.717, 1.165) is 12.3 Å². The molecule has 0 saturated carbocycles. The first-order valence-corrected chi connectivity index (χ1v) is 6.52. The van der Waals surface area contributed by atoms with E-state index in [4.69, 9.17) is 4.74 Å². The van der Waals surface area contributed by atoms with Crippen molar-refractivity contribution in [3.8, 4) is 11.4 Å². The molecule has 4 nitrogen and oxygen atoms in total. The van der Waals surface area contributed by atoms with Crippen LogP contribution in [0.25, 0.3) is 11.4 Å². The van der Waals surface area contributed by atoms with E-state index >= 15 is 0 Å². The molecule has 0 unspecified atom stereocenters. The monoisotopic (exact) mass is 312 g/mol. The molecule has 7 heteroatoms. The van der Waals surface area contributed by atoms with Gasteiger partial charge in [0.15, 0.2) is 0 Å². The van der Waals surface area contributed by atoms with E-state index in [1.807, 2.05) is 0 Å². The van der Waals surface area contributed by atoms with E-state index < -0.39 is 23.4 Å². The Bertz CT molecular complexity index is 667. The molecule has 2 aromatic heterocycles. The van der Waals surface area contributed by atoms with Gasteiger partial charge < -0.3 is 4.74 Å². The maximum atomic E-state index is 12.5. The maximum Gasteiger partial charge on any atom is 0.419 e. The van der Waals surface area contributed by atoms with Crippen molar-refractivity contribution < 1.29 is 22.7 Å². The predicted octanol–water partition coefficient (Wildman–Crippen LogP) is 4.35. The van der Waals surface area contributed by atoms with Crippen LogP contribution in [0.3, 0.4) is 0 Å².